The molecule has 1 aromatic heterocycles. The lowest BCUT2D eigenvalue weighted by Crippen LogP contribution is -2.42. The molecule has 1 amide bonds. The normalized spacial score (nSPS) is 17.3. The molecule has 1 aliphatic heterocycles. The van der Waals surface area contributed by atoms with Crippen molar-refractivity contribution < 1.29 is 13.9 Å². The van der Waals surface area contributed by atoms with Crippen molar-refractivity contribution in [1.29, 1.82) is 0 Å². The van der Waals surface area contributed by atoms with Crippen LogP contribution < -0.4 is 0 Å². The van der Waals surface area contributed by atoms with Gasteiger partial charge < -0.3 is 14.2 Å². The standard InChI is InChI=1S/C21H19FN2O2/c22-19-6-2-1-5-18(19)20-15-24(13-14-26-20)21(25)16-7-9-17(10-8-16)23-11-3-4-12-23/h1-12,20H,13-15H2. The highest BCUT2D eigenvalue weighted by molar-refractivity contribution is 5.94. The van der Waals surface area contributed by atoms with E-state index in [9.17, 15) is 9.18 Å². The first kappa shape index (κ1) is 16.5. The number of rotatable bonds is 3. The predicted molar refractivity (Wildman–Crippen MR) is 96.8 cm³/mol. The van der Waals surface area contributed by atoms with Gasteiger partial charge in [-0.3, -0.25) is 4.79 Å². The second-order valence-corrected chi connectivity index (χ2v) is 6.27. The van der Waals surface area contributed by atoms with Gasteiger partial charge in [0.1, 0.15) is 11.9 Å². The van der Waals surface area contributed by atoms with Crippen molar-refractivity contribution in [2.24, 2.45) is 0 Å². The van der Waals surface area contributed by atoms with E-state index < -0.39 is 6.10 Å². The Bertz CT molecular complexity index is 891. The molecule has 2 heterocycles. The zero-order valence-corrected chi connectivity index (χ0v) is 14.2. The summed E-state index contributed by atoms with van der Waals surface area (Å²) in [5.74, 6) is -0.364. The van der Waals surface area contributed by atoms with Crippen molar-refractivity contribution in [2.45, 2.75) is 6.10 Å². The fourth-order valence-electron chi connectivity index (χ4n) is 3.22. The number of hydrogen-bond donors (Lipinski definition) is 0. The summed E-state index contributed by atoms with van der Waals surface area (Å²) in [7, 11) is 0. The fraction of sp³-hybridized carbons (Fsp3) is 0.190. The molecule has 2 aromatic carbocycles. The number of hydrogen-bond acceptors (Lipinski definition) is 2. The van der Waals surface area contributed by atoms with Crippen LogP contribution in [0.1, 0.15) is 22.0 Å². The maximum atomic E-state index is 14.0. The molecule has 5 heteroatoms. The van der Waals surface area contributed by atoms with Crippen LogP contribution in [-0.2, 0) is 4.74 Å². The molecule has 0 bridgehead atoms. The third-order valence-corrected chi connectivity index (χ3v) is 4.62. The van der Waals surface area contributed by atoms with Gasteiger partial charge in [-0.2, -0.15) is 0 Å². The summed E-state index contributed by atoms with van der Waals surface area (Å²) in [4.78, 5) is 14.6. The average molecular weight is 350 g/mol. The Kier molecular flexibility index (Phi) is 4.54. The first-order valence-corrected chi connectivity index (χ1v) is 8.61. The summed E-state index contributed by atoms with van der Waals surface area (Å²) in [6, 6.07) is 17.9. The van der Waals surface area contributed by atoms with Crippen LogP contribution in [0.4, 0.5) is 4.39 Å². The molecule has 0 N–H and O–H groups in total. The van der Waals surface area contributed by atoms with Crippen LogP contribution in [-0.4, -0.2) is 35.1 Å². The summed E-state index contributed by atoms with van der Waals surface area (Å²) in [5.41, 5.74) is 2.11. The SMILES string of the molecule is O=C(c1ccc(-n2cccc2)cc1)N1CCOC(c2ccccc2F)C1. The smallest absolute Gasteiger partial charge is 0.254 e. The minimum Gasteiger partial charge on any atom is -0.370 e. The fourth-order valence-corrected chi connectivity index (χ4v) is 3.22. The molecule has 3 aromatic rings. The number of carbonyl (C=O) groups is 1. The topological polar surface area (TPSA) is 34.5 Å². The molecular formula is C21H19FN2O2. The van der Waals surface area contributed by atoms with E-state index in [4.69, 9.17) is 4.74 Å². The molecule has 0 radical (unpaired) electrons. The Balaban J connectivity index is 1.50. The van der Waals surface area contributed by atoms with Gasteiger partial charge in [0.25, 0.3) is 5.91 Å². The molecule has 0 spiro atoms. The number of benzene rings is 2. The number of amides is 1. The molecule has 4 rings (SSSR count). The average Bonchev–Trinajstić information content (AvgIpc) is 3.23. The molecule has 132 valence electrons. The van der Waals surface area contributed by atoms with Gasteiger partial charge >= 0.3 is 0 Å². The maximum Gasteiger partial charge on any atom is 0.254 e. The summed E-state index contributed by atoms with van der Waals surface area (Å²) in [5, 5.41) is 0. The molecule has 1 unspecified atom stereocenters. The Morgan fingerprint density at radius 3 is 2.46 bits per heavy atom. The summed E-state index contributed by atoms with van der Waals surface area (Å²) >= 11 is 0. The van der Waals surface area contributed by atoms with Crippen molar-refractivity contribution in [3.8, 4) is 5.69 Å². The van der Waals surface area contributed by atoms with E-state index in [1.165, 1.54) is 6.07 Å². The van der Waals surface area contributed by atoms with E-state index in [0.717, 1.165) is 5.69 Å². The van der Waals surface area contributed by atoms with Gasteiger partial charge in [-0.05, 0) is 42.5 Å². The van der Waals surface area contributed by atoms with Crippen LogP contribution in [0.2, 0.25) is 0 Å². The van der Waals surface area contributed by atoms with E-state index in [1.54, 1.807) is 23.1 Å². The molecule has 0 saturated carbocycles. The number of halogens is 1. The molecule has 4 nitrogen and oxygen atoms in total. The third kappa shape index (κ3) is 3.26. The van der Waals surface area contributed by atoms with Gasteiger partial charge in [-0.15, -0.1) is 0 Å². The largest absolute Gasteiger partial charge is 0.370 e. The second-order valence-electron chi connectivity index (χ2n) is 6.27. The van der Waals surface area contributed by atoms with Crippen molar-refractivity contribution in [3.63, 3.8) is 0 Å². The highest BCUT2D eigenvalue weighted by Gasteiger charge is 2.27. The molecule has 1 saturated heterocycles. The van der Waals surface area contributed by atoms with E-state index in [1.807, 2.05) is 53.4 Å². The number of carbonyl (C=O) groups excluding carboxylic acids is 1. The molecule has 1 aliphatic rings. The van der Waals surface area contributed by atoms with Gasteiger partial charge in [0, 0.05) is 35.8 Å². The Morgan fingerprint density at radius 1 is 1.00 bits per heavy atom. The van der Waals surface area contributed by atoms with Gasteiger partial charge in [0.05, 0.1) is 13.2 Å². The quantitative estimate of drug-likeness (QED) is 0.719. The van der Waals surface area contributed by atoms with E-state index in [2.05, 4.69) is 0 Å². The predicted octanol–water partition coefficient (Wildman–Crippen LogP) is 3.83. The first-order valence-electron chi connectivity index (χ1n) is 8.61. The number of ether oxygens (including phenoxy) is 1. The number of aromatic nitrogens is 1. The van der Waals surface area contributed by atoms with Crippen LogP contribution in [0.5, 0.6) is 0 Å². The van der Waals surface area contributed by atoms with E-state index in [-0.39, 0.29) is 11.7 Å². The lowest BCUT2D eigenvalue weighted by molar-refractivity contribution is -0.0243. The van der Waals surface area contributed by atoms with Crippen LogP contribution in [0.25, 0.3) is 5.69 Å². The van der Waals surface area contributed by atoms with E-state index in [0.29, 0.717) is 30.8 Å². The Hall–Kier alpha value is -2.92. The maximum absolute atomic E-state index is 14.0. The monoisotopic (exact) mass is 350 g/mol. The zero-order chi connectivity index (χ0) is 17.9. The molecular weight excluding hydrogens is 331 g/mol. The molecule has 26 heavy (non-hydrogen) atoms. The molecule has 1 fully saturated rings. The third-order valence-electron chi connectivity index (χ3n) is 4.62. The summed E-state index contributed by atoms with van der Waals surface area (Å²) < 4.78 is 21.7. The zero-order valence-electron chi connectivity index (χ0n) is 14.2. The lowest BCUT2D eigenvalue weighted by Gasteiger charge is -2.33. The minimum absolute atomic E-state index is 0.0614. The second kappa shape index (κ2) is 7.14. The van der Waals surface area contributed by atoms with Gasteiger partial charge in [0.15, 0.2) is 0 Å². The van der Waals surface area contributed by atoms with Gasteiger partial charge in [0.2, 0.25) is 0 Å². The molecule has 0 aliphatic carbocycles. The van der Waals surface area contributed by atoms with E-state index >= 15 is 0 Å². The van der Waals surface area contributed by atoms with Gasteiger partial charge in [-0.1, -0.05) is 18.2 Å². The number of morpholine rings is 1. The summed E-state index contributed by atoms with van der Waals surface area (Å²) in [6.45, 7) is 1.24. The lowest BCUT2D eigenvalue weighted by atomic mass is 10.1. The van der Waals surface area contributed by atoms with Crippen molar-refractivity contribution in [2.75, 3.05) is 19.7 Å². The van der Waals surface area contributed by atoms with Crippen molar-refractivity contribution in [3.05, 3.63) is 90.0 Å². The van der Waals surface area contributed by atoms with Crippen LogP contribution in [0.3, 0.4) is 0 Å². The highest BCUT2D eigenvalue weighted by atomic mass is 19.1. The minimum atomic E-state index is -0.437. The Labute approximate surface area is 151 Å². The van der Waals surface area contributed by atoms with Crippen molar-refractivity contribution >= 4 is 5.91 Å². The highest BCUT2D eigenvalue weighted by Crippen LogP contribution is 2.25. The Morgan fingerprint density at radius 2 is 1.73 bits per heavy atom. The van der Waals surface area contributed by atoms with Crippen molar-refractivity contribution in [1.82, 2.24) is 9.47 Å². The van der Waals surface area contributed by atoms with Crippen LogP contribution in [0.15, 0.2) is 73.1 Å². The molecule has 1 atom stereocenters. The number of nitrogens with zero attached hydrogens (tertiary/aromatic N) is 2. The first-order chi connectivity index (χ1) is 12.7. The van der Waals surface area contributed by atoms with Gasteiger partial charge in [-0.25, -0.2) is 4.39 Å². The summed E-state index contributed by atoms with van der Waals surface area (Å²) in [6.07, 6.45) is 3.48. The van der Waals surface area contributed by atoms with Crippen LogP contribution in [0, 0.1) is 5.82 Å². The van der Waals surface area contributed by atoms with Crippen LogP contribution >= 0.6 is 0 Å².